The molecule has 0 saturated carbocycles. The Morgan fingerprint density at radius 1 is 0.950 bits per heavy atom. The van der Waals surface area contributed by atoms with Gasteiger partial charge in [-0.15, -0.1) is 0 Å². The third-order valence-electron chi connectivity index (χ3n) is 6.82. The van der Waals surface area contributed by atoms with E-state index in [0.29, 0.717) is 26.2 Å². The summed E-state index contributed by atoms with van der Waals surface area (Å²) in [5.41, 5.74) is 3.92. The normalized spacial score (nSPS) is 13.2. The fourth-order valence-electron chi connectivity index (χ4n) is 4.45. The van der Waals surface area contributed by atoms with Gasteiger partial charge < -0.3 is 14.7 Å². The smallest absolute Gasteiger partial charge is 0.278 e. The fourth-order valence-corrected chi connectivity index (χ4v) is 4.45. The minimum atomic E-state index is -0.571. The molecule has 1 aliphatic rings. The van der Waals surface area contributed by atoms with Crippen molar-refractivity contribution in [3.8, 4) is 11.5 Å². The van der Waals surface area contributed by atoms with Crippen LogP contribution in [0, 0.1) is 20.8 Å². The highest BCUT2D eigenvalue weighted by atomic mass is 16.5. The molecule has 3 aromatic rings. The summed E-state index contributed by atoms with van der Waals surface area (Å²) in [6.07, 6.45) is 6.10. The molecule has 7 nitrogen and oxygen atoms in total. The van der Waals surface area contributed by atoms with E-state index in [4.69, 9.17) is 4.74 Å². The number of rotatable bonds is 8. The lowest BCUT2D eigenvalue weighted by molar-refractivity contribution is 0.0631. The van der Waals surface area contributed by atoms with Gasteiger partial charge in [0, 0.05) is 12.3 Å². The number of fused-ring (bicyclic) bond motifs is 1. The lowest BCUT2D eigenvalue weighted by Crippen LogP contribution is -2.56. The van der Waals surface area contributed by atoms with Crippen molar-refractivity contribution in [2.75, 3.05) is 18.3 Å². The van der Waals surface area contributed by atoms with Crippen LogP contribution in [0.3, 0.4) is 0 Å². The lowest BCUT2D eigenvalue weighted by Gasteiger charge is -2.42. The maximum absolute atomic E-state index is 13.5. The predicted octanol–water partition coefficient (Wildman–Crippen LogP) is 6.50. The molecule has 2 heterocycles. The van der Waals surface area contributed by atoms with Crippen molar-refractivity contribution in [2.45, 2.75) is 74.4 Å². The molecule has 1 aromatic heterocycles. The first-order chi connectivity index (χ1) is 19.3. The second-order valence-corrected chi connectivity index (χ2v) is 9.14. The number of benzene rings is 2. The van der Waals surface area contributed by atoms with E-state index in [9.17, 15) is 14.7 Å². The van der Waals surface area contributed by atoms with Crippen LogP contribution >= 0.6 is 0 Å². The van der Waals surface area contributed by atoms with Crippen LogP contribution in [0.1, 0.15) is 73.8 Å². The van der Waals surface area contributed by atoms with E-state index in [1.165, 1.54) is 11.6 Å². The van der Waals surface area contributed by atoms with Crippen molar-refractivity contribution in [3.63, 3.8) is 0 Å². The highest BCUT2D eigenvalue weighted by Gasteiger charge is 2.35. The van der Waals surface area contributed by atoms with E-state index in [2.05, 4.69) is 0 Å². The minimum Gasteiger partial charge on any atom is -0.502 e. The summed E-state index contributed by atoms with van der Waals surface area (Å²) in [6, 6.07) is 15.1. The second kappa shape index (κ2) is 15.6. The first kappa shape index (κ1) is 32.2. The monoisotopic (exact) mass is 547 g/mol. The zero-order chi connectivity index (χ0) is 29.8. The van der Waals surface area contributed by atoms with Crippen molar-refractivity contribution < 1.29 is 14.6 Å². The zero-order valence-corrected chi connectivity index (χ0v) is 25.3. The molecule has 1 N–H and O–H groups in total. The highest BCUT2D eigenvalue weighted by molar-refractivity contribution is 5.96. The molecule has 7 heteroatoms. The Kier molecular flexibility index (Phi) is 12.5. The number of carbonyl (C=O) groups excluding carboxylic acids is 1. The van der Waals surface area contributed by atoms with E-state index in [-0.39, 0.29) is 17.6 Å². The Balaban J connectivity index is 0.00000134. The fraction of sp³-hybridized carbons (Fsp3) is 0.394. The van der Waals surface area contributed by atoms with Gasteiger partial charge in [-0.3, -0.25) is 19.3 Å². The third kappa shape index (κ3) is 7.34. The van der Waals surface area contributed by atoms with Crippen LogP contribution in [0.2, 0.25) is 0 Å². The standard InChI is InChI=1S/C29H33N3O4.2C2H6/c1-5-24(13-9-17-36-26-14-8-11-20(2)22(26)4)31-19-30(18-23-12-7-6-10-21(23)3)32-16-15-25(33)28(34)27(32)29(31)35;2*1-2/h6-16,24,34H,5,17-19H2,1-4H3;2*1-2H3/b13-9+;;/t24-;;/m0../s1. The molecule has 0 aliphatic carbocycles. The summed E-state index contributed by atoms with van der Waals surface area (Å²) in [6.45, 7) is 17.3. The van der Waals surface area contributed by atoms with E-state index < -0.39 is 11.2 Å². The molecule has 40 heavy (non-hydrogen) atoms. The van der Waals surface area contributed by atoms with Crippen LogP contribution in [0.25, 0.3) is 0 Å². The zero-order valence-electron chi connectivity index (χ0n) is 25.3. The molecule has 216 valence electrons. The van der Waals surface area contributed by atoms with Gasteiger partial charge in [-0.2, -0.15) is 0 Å². The first-order valence-corrected chi connectivity index (χ1v) is 14.2. The number of pyridine rings is 1. The molecule has 0 saturated heterocycles. The summed E-state index contributed by atoms with van der Waals surface area (Å²) in [7, 11) is 0. The highest BCUT2D eigenvalue weighted by Crippen LogP contribution is 2.25. The number of amides is 1. The number of hydrogen-bond donors (Lipinski definition) is 1. The lowest BCUT2D eigenvalue weighted by atomic mass is 10.1. The second-order valence-electron chi connectivity index (χ2n) is 9.14. The topological polar surface area (TPSA) is 75.0 Å². The summed E-state index contributed by atoms with van der Waals surface area (Å²) < 4.78 is 7.54. The molecule has 1 amide bonds. The van der Waals surface area contributed by atoms with Gasteiger partial charge in [0.15, 0.2) is 11.4 Å². The summed E-state index contributed by atoms with van der Waals surface area (Å²) in [4.78, 5) is 27.4. The molecule has 0 bridgehead atoms. The van der Waals surface area contributed by atoms with Crippen LogP contribution < -0.4 is 15.2 Å². The molecule has 0 radical (unpaired) electrons. The first-order valence-electron chi connectivity index (χ1n) is 14.2. The van der Waals surface area contributed by atoms with Crippen LogP contribution in [0.5, 0.6) is 11.5 Å². The number of ether oxygens (including phenoxy) is 1. The van der Waals surface area contributed by atoms with Crippen LogP contribution in [-0.2, 0) is 6.54 Å². The van der Waals surface area contributed by atoms with E-state index >= 15 is 0 Å². The quantitative estimate of drug-likeness (QED) is 0.326. The van der Waals surface area contributed by atoms with Crippen molar-refractivity contribution in [1.82, 2.24) is 9.58 Å². The summed E-state index contributed by atoms with van der Waals surface area (Å²) in [5.74, 6) is -0.0679. The molecule has 1 aliphatic heterocycles. The SMILES string of the molecule is CC.CC.CC[C@@H](/C=C/COc1cccc(C)c1C)N1CN(Cc2ccccc2C)n2ccc(=O)c(O)c2C1=O. The van der Waals surface area contributed by atoms with E-state index in [1.807, 2.05) is 115 Å². The molecule has 1 atom stereocenters. The molecule has 0 unspecified atom stereocenters. The average Bonchev–Trinajstić information content (AvgIpc) is 2.97. The number of aromatic hydroxyl groups is 1. The Hall–Kier alpha value is -4.00. The maximum Gasteiger partial charge on any atom is 0.278 e. The number of nitrogens with zero attached hydrogens (tertiary/aromatic N) is 3. The Labute approximate surface area is 239 Å². The van der Waals surface area contributed by atoms with E-state index in [1.54, 1.807) is 15.8 Å². The molecule has 2 aromatic carbocycles. The van der Waals surface area contributed by atoms with Crippen molar-refractivity contribution in [2.24, 2.45) is 0 Å². The maximum atomic E-state index is 13.5. The Morgan fingerprint density at radius 2 is 1.62 bits per heavy atom. The Morgan fingerprint density at radius 3 is 2.30 bits per heavy atom. The van der Waals surface area contributed by atoms with Crippen LogP contribution in [-0.4, -0.2) is 39.9 Å². The average molecular weight is 548 g/mol. The van der Waals surface area contributed by atoms with Gasteiger partial charge in [0.1, 0.15) is 19.0 Å². The van der Waals surface area contributed by atoms with Crippen molar-refractivity contribution >= 4 is 5.91 Å². The molecule has 4 rings (SSSR count). The number of hydrogen-bond acceptors (Lipinski definition) is 5. The van der Waals surface area contributed by atoms with Crippen molar-refractivity contribution in [3.05, 3.63) is 105 Å². The van der Waals surface area contributed by atoms with Gasteiger partial charge in [-0.25, -0.2) is 0 Å². The van der Waals surface area contributed by atoms with Gasteiger partial charge in [0.05, 0.1) is 12.6 Å². The summed E-state index contributed by atoms with van der Waals surface area (Å²) >= 11 is 0. The predicted molar refractivity (Wildman–Crippen MR) is 164 cm³/mol. The number of carbonyl (C=O) groups is 1. The number of aromatic nitrogens is 1. The third-order valence-corrected chi connectivity index (χ3v) is 6.82. The molecule has 0 fully saturated rings. The van der Waals surface area contributed by atoms with Gasteiger partial charge in [0.25, 0.3) is 5.91 Å². The van der Waals surface area contributed by atoms with Gasteiger partial charge in [-0.1, -0.05) is 77.1 Å². The largest absolute Gasteiger partial charge is 0.502 e. The van der Waals surface area contributed by atoms with Gasteiger partial charge in [0.2, 0.25) is 5.43 Å². The molecular weight excluding hydrogens is 502 g/mol. The molecule has 0 spiro atoms. The molecular formula is C33H45N3O4. The minimum absolute atomic E-state index is 0.0131. The van der Waals surface area contributed by atoms with E-state index in [0.717, 1.165) is 22.4 Å². The number of aryl methyl sites for hydroxylation is 2. The van der Waals surface area contributed by atoms with Crippen LogP contribution in [0.15, 0.2) is 71.7 Å². The van der Waals surface area contributed by atoms with Crippen molar-refractivity contribution in [1.29, 1.82) is 0 Å². The Bertz CT molecular complexity index is 1350. The van der Waals surface area contributed by atoms with Gasteiger partial charge >= 0.3 is 0 Å². The van der Waals surface area contributed by atoms with Gasteiger partial charge in [-0.05, 0) is 61.6 Å². The van der Waals surface area contributed by atoms with Crippen LogP contribution in [0.4, 0.5) is 0 Å². The summed E-state index contributed by atoms with van der Waals surface area (Å²) in [5, 5.41) is 12.5.